The smallest absolute Gasteiger partial charge is 0.255 e. The summed E-state index contributed by atoms with van der Waals surface area (Å²) >= 11 is 0. The molecular formula is C26H27N5O4. The number of aromatic nitrogens is 2. The third-order valence-electron chi connectivity index (χ3n) is 5.45. The number of hydrogen-bond acceptors (Lipinski definition) is 7. The lowest BCUT2D eigenvalue weighted by atomic mass is 10.1. The van der Waals surface area contributed by atoms with Gasteiger partial charge in [0.05, 0.1) is 38.4 Å². The molecule has 9 nitrogen and oxygen atoms in total. The number of benzene rings is 3. The molecule has 0 atom stereocenters. The Morgan fingerprint density at radius 2 is 1.63 bits per heavy atom. The highest BCUT2D eigenvalue weighted by Gasteiger charge is 2.15. The van der Waals surface area contributed by atoms with Crippen molar-refractivity contribution >= 4 is 23.1 Å². The number of nitrogens with one attached hydrogen (secondary N) is 3. The number of rotatable bonds is 9. The number of para-hydroxylation sites is 2. The molecule has 0 unspecified atom stereocenters. The molecule has 9 heteroatoms. The highest BCUT2D eigenvalue weighted by molar-refractivity contribution is 6.05. The Kier molecular flexibility index (Phi) is 7.06. The second kappa shape index (κ2) is 10.5. The lowest BCUT2D eigenvalue weighted by molar-refractivity contribution is 0.102. The number of carbonyl (C=O) groups excluding carboxylic acids is 1. The monoisotopic (exact) mass is 473 g/mol. The minimum atomic E-state index is -0.217. The van der Waals surface area contributed by atoms with E-state index >= 15 is 0 Å². The van der Waals surface area contributed by atoms with Crippen LogP contribution in [0.2, 0.25) is 0 Å². The van der Waals surface area contributed by atoms with Crippen LogP contribution in [0.3, 0.4) is 0 Å². The van der Waals surface area contributed by atoms with Gasteiger partial charge in [-0.3, -0.25) is 9.89 Å². The summed E-state index contributed by atoms with van der Waals surface area (Å²) in [6.07, 6.45) is 0. The van der Waals surface area contributed by atoms with E-state index in [1.165, 1.54) is 0 Å². The molecule has 1 amide bonds. The van der Waals surface area contributed by atoms with E-state index in [4.69, 9.17) is 19.9 Å². The van der Waals surface area contributed by atoms with Gasteiger partial charge in [0.1, 0.15) is 5.82 Å². The molecule has 3 aromatic carbocycles. The molecule has 0 saturated carbocycles. The summed E-state index contributed by atoms with van der Waals surface area (Å²) in [5.41, 5.74) is 10.1. The molecule has 1 aromatic heterocycles. The van der Waals surface area contributed by atoms with Crippen LogP contribution in [-0.2, 0) is 6.54 Å². The van der Waals surface area contributed by atoms with Gasteiger partial charge in [-0.2, -0.15) is 5.10 Å². The topological polar surface area (TPSA) is 124 Å². The minimum Gasteiger partial charge on any atom is -0.493 e. The Labute approximate surface area is 203 Å². The first-order valence-corrected chi connectivity index (χ1v) is 10.9. The number of ether oxygens (including phenoxy) is 3. The maximum atomic E-state index is 12.5. The van der Waals surface area contributed by atoms with Crippen LogP contribution in [0.25, 0.3) is 11.3 Å². The van der Waals surface area contributed by atoms with Gasteiger partial charge in [0.15, 0.2) is 11.5 Å². The summed E-state index contributed by atoms with van der Waals surface area (Å²) in [5, 5.41) is 13.5. The Hall–Kier alpha value is -4.66. The number of nitrogens with zero attached hydrogens (tertiary/aromatic N) is 1. The van der Waals surface area contributed by atoms with Crippen LogP contribution in [0.15, 0.2) is 66.7 Å². The first kappa shape index (κ1) is 23.5. The van der Waals surface area contributed by atoms with E-state index in [0.717, 1.165) is 22.6 Å². The Bertz CT molecular complexity index is 1290. The second-order valence-corrected chi connectivity index (χ2v) is 7.67. The molecule has 0 bridgehead atoms. The number of aromatic amines is 1. The molecule has 0 aliphatic heterocycles. The number of hydrogen-bond donors (Lipinski definition) is 4. The van der Waals surface area contributed by atoms with Gasteiger partial charge in [-0.1, -0.05) is 24.3 Å². The number of carbonyl (C=O) groups is 1. The Morgan fingerprint density at radius 1 is 0.943 bits per heavy atom. The van der Waals surface area contributed by atoms with Crippen molar-refractivity contribution in [2.24, 2.45) is 0 Å². The largest absolute Gasteiger partial charge is 0.493 e. The van der Waals surface area contributed by atoms with Crippen LogP contribution >= 0.6 is 0 Å². The van der Waals surface area contributed by atoms with Gasteiger partial charge in [0, 0.05) is 23.7 Å². The molecule has 35 heavy (non-hydrogen) atoms. The fourth-order valence-corrected chi connectivity index (χ4v) is 3.57. The third-order valence-corrected chi connectivity index (χ3v) is 5.45. The summed E-state index contributed by atoms with van der Waals surface area (Å²) in [6.45, 7) is 0.546. The normalized spacial score (nSPS) is 10.5. The molecule has 180 valence electrons. The number of anilines is 3. The van der Waals surface area contributed by atoms with Crippen molar-refractivity contribution < 1.29 is 19.0 Å². The van der Waals surface area contributed by atoms with Gasteiger partial charge in [-0.25, -0.2) is 0 Å². The predicted octanol–water partition coefficient (Wildman–Crippen LogP) is 4.55. The zero-order valence-corrected chi connectivity index (χ0v) is 19.7. The zero-order chi connectivity index (χ0) is 24.8. The molecule has 0 aliphatic carbocycles. The first-order chi connectivity index (χ1) is 17.0. The van der Waals surface area contributed by atoms with Crippen molar-refractivity contribution in [2.75, 3.05) is 37.7 Å². The third kappa shape index (κ3) is 5.30. The van der Waals surface area contributed by atoms with Gasteiger partial charge in [-0.15, -0.1) is 0 Å². The molecule has 1 heterocycles. The van der Waals surface area contributed by atoms with Crippen molar-refractivity contribution in [1.29, 1.82) is 0 Å². The molecule has 0 radical (unpaired) electrons. The van der Waals surface area contributed by atoms with E-state index in [1.54, 1.807) is 45.6 Å². The number of nitrogen functional groups attached to an aromatic ring is 1. The number of nitrogens with two attached hydrogens (primary N) is 1. The molecule has 4 rings (SSSR count). The predicted molar refractivity (Wildman–Crippen MR) is 136 cm³/mol. The molecule has 0 spiro atoms. The average Bonchev–Trinajstić information content (AvgIpc) is 3.37. The van der Waals surface area contributed by atoms with Crippen LogP contribution in [0, 0.1) is 0 Å². The Morgan fingerprint density at radius 3 is 2.26 bits per heavy atom. The van der Waals surface area contributed by atoms with E-state index in [2.05, 4.69) is 20.8 Å². The number of amides is 1. The van der Waals surface area contributed by atoms with Crippen LogP contribution in [-0.4, -0.2) is 37.4 Å². The highest BCUT2D eigenvalue weighted by atomic mass is 16.5. The highest BCUT2D eigenvalue weighted by Crippen LogP contribution is 2.41. The van der Waals surface area contributed by atoms with Gasteiger partial charge in [0.25, 0.3) is 5.91 Å². The maximum absolute atomic E-state index is 12.5. The number of H-pyrrole nitrogens is 1. The lowest BCUT2D eigenvalue weighted by Crippen LogP contribution is -2.13. The van der Waals surface area contributed by atoms with Gasteiger partial charge < -0.3 is 30.6 Å². The molecule has 5 N–H and O–H groups in total. The molecule has 0 aliphatic rings. The van der Waals surface area contributed by atoms with E-state index in [1.807, 2.05) is 42.5 Å². The van der Waals surface area contributed by atoms with E-state index in [0.29, 0.717) is 40.7 Å². The molecule has 0 fully saturated rings. The van der Waals surface area contributed by atoms with E-state index in [9.17, 15) is 4.79 Å². The van der Waals surface area contributed by atoms with E-state index in [-0.39, 0.29) is 5.91 Å². The second-order valence-electron chi connectivity index (χ2n) is 7.67. The molecule has 0 saturated heterocycles. The van der Waals surface area contributed by atoms with Crippen molar-refractivity contribution in [3.05, 3.63) is 77.9 Å². The average molecular weight is 474 g/mol. The van der Waals surface area contributed by atoms with Gasteiger partial charge >= 0.3 is 0 Å². The zero-order valence-electron chi connectivity index (χ0n) is 19.7. The fourth-order valence-electron chi connectivity index (χ4n) is 3.57. The Balaban J connectivity index is 1.40. The summed E-state index contributed by atoms with van der Waals surface area (Å²) in [5.74, 6) is 2.16. The maximum Gasteiger partial charge on any atom is 0.255 e. The van der Waals surface area contributed by atoms with Crippen molar-refractivity contribution in [1.82, 2.24) is 10.2 Å². The van der Waals surface area contributed by atoms with Crippen LogP contribution < -0.4 is 30.6 Å². The first-order valence-electron chi connectivity index (χ1n) is 10.9. The quantitative estimate of drug-likeness (QED) is 0.263. The van der Waals surface area contributed by atoms with Gasteiger partial charge in [0.2, 0.25) is 5.75 Å². The van der Waals surface area contributed by atoms with Crippen LogP contribution in [0.5, 0.6) is 17.2 Å². The summed E-state index contributed by atoms with van der Waals surface area (Å²) in [6, 6.07) is 20.1. The number of methoxy groups -OCH3 is 3. The van der Waals surface area contributed by atoms with Crippen LogP contribution in [0.4, 0.5) is 17.2 Å². The van der Waals surface area contributed by atoms with Crippen molar-refractivity contribution in [3.63, 3.8) is 0 Å². The minimum absolute atomic E-state index is 0.217. The van der Waals surface area contributed by atoms with Gasteiger partial charge in [-0.05, 0) is 42.0 Å². The summed E-state index contributed by atoms with van der Waals surface area (Å²) < 4.78 is 16.2. The summed E-state index contributed by atoms with van der Waals surface area (Å²) in [4.78, 5) is 12.5. The molecular weight excluding hydrogens is 446 g/mol. The summed E-state index contributed by atoms with van der Waals surface area (Å²) in [7, 11) is 4.71. The van der Waals surface area contributed by atoms with Crippen molar-refractivity contribution in [3.8, 4) is 28.5 Å². The van der Waals surface area contributed by atoms with Crippen molar-refractivity contribution in [2.45, 2.75) is 6.54 Å². The van der Waals surface area contributed by atoms with Crippen LogP contribution in [0.1, 0.15) is 15.9 Å². The standard InChI is InChI=1S/C26H27N5O4/c1-33-22-12-18(13-23(34-2)25(22)35-3)21-14-24(31-30-21)28-15-16-8-10-17(11-9-16)26(32)29-20-7-5-4-6-19(20)27/h4-14H,15,27H2,1-3H3,(H,29,32)(H2,28,30,31). The lowest BCUT2D eigenvalue weighted by Gasteiger charge is -2.13. The SMILES string of the molecule is COc1cc(-c2cc(NCc3ccc(C(=O)Nc4ccccc4N)cc3)[nH]n2)cc(OC)c1OC. The molecule has 4 aromatic rings. The fraction of sp³-hybridized carbons (Fsp3) is 0.154. The van der Waals surface area contributed by atoms with E-state index < -0.39 is 0 Å².